The summed E-state index contributed by atoms with van der Waals surface area (Å²) in [4.78, 5) is 25.1. The first-order valence-corrected chi connectivity index (χ1v) is 8.09. The third-order valence-corrected chi connectivity index (χ3v) is 4.21. The van der Waals surface area contributed by atoms with E-state index in [2.05, 4.69) is 5.32 Å². The van der Waals surface area contributed by atoms with Gasteiger partial charge in [0.2, 0.25) is 0 Å². The number of nitrogens with zero attached hydrogens (tertiary/aromatic N) is 2. The third kappa shape index (κ3) is 3.80. The summed E-state index contributed by atoms with van der Waals surface area (Å²) < 4.78 is 5.06. The highest BCUT2D eigenvalue weighted by molar-refractivity contribution is 5.95. The van der Waals surface area contributed by atoms with Gasteiger partial charge in [-0.1, -0.05) is 0 Å². The molecule has 0 bridgehead atoms. The van der Waals surface area contributed by atoms with Crippen LogP contribution >= 0.6 is 0 Å². The van der Waals surface area contributed by atoms with Crippen molar-refractivity contribution in [3.63, 3.8) is 0 Å². The standard InChI is InChI=1S/C17H19N3O5/c21-15(16-4-3-9-25-16)11-18-17(22)12-5-6-13(14(10-12)20(23)24)19-7-1-2-8-19/h3-6,9-10,15,21H,1-2,7-8,11H2,(H,18,22). The Balaban J connectivity index is 1.72. The Morgan fingerprint density at radius 1 is 1.36 bits per heavy atom. The highest BCUT2D eigenvalue weighted by Crippen LogP contribution is 2.31. The molecule has 0 spiro atoms. The lowest BCUT2D eigenvalue weighted by molar-refractivity contribution is -0.384. The summed E-state index contributed by atoms with van der Waals surface area (Å²) in [5.74, 6) is -0.141. The number of amides is 1. The largest absolute Gasteiger partial charge is 0.467 e. The molecule has 8 heteroatoms. The summed E-state index contributed by atoms with van der Waals surface area (Å²) >= 11 is 0. The summed E-state index contributed by atoms with van der Waals surface area (Å²) in [5.41, 5.74) is 0.636. The lowest BCUT2D eigenvalue weighted by Crippen LogP contribution is -2.28. The fourth-order valence-electron chi connectivity index (χ4n) is 2.91. The maximum atomic E-state index is 12.2. The number of carbonyl (C=O) groups is 1. The molecule has 1 aliphatic rings. The quantitative estimate of drug-likeness (QED) is 0.614. The number of rotatable bonds is 6. The van der Waals surface area contributed by atoms with E-state index in [0.717, 1.165) is 25.9 Å². The molecule has 2 heterocycles. The van der Waals surface area contributed by atoms with Gasteiger partial charge in [-0.05, 0) is 37.1 Å². The van der Waals surface area contributed by atoms with Crippen molar-refractivity contribution >= 4 is 17.3 Å². The normalized spacial score (nSPS) is 15.2. The zero-order chi connectivity index (χ0) is 17.8. The molecular weight excluding hydrogens is 326 g/mol. The van der Waals surface area contributed by atoms with Crippen LogP contribution in [0.25, 0.3) is 0 Å². The third-order valence-electron chi connectivity index (χ3n) is 4.21. The van der Waals surface area contributed by atoms with E-state index in [4.69, 9.17) is 4.42 Å². The molecule has 1 saturated heterocycles. The maximum absolute atomic E-state index is 12.2. The van der Waals surface area contributed by atoms with E-state index in [1.165, 1.54) is 12.3 Å². The van der Waals surface area contributed by atoms with Crippen LogP contribution in [0, 0.1) is 10.1 Å². The number of furan rings is 1. The van der Waals surface area contributed by atoms with Crippen molar-refractivity contribution in [2.75, 3.05) is 24.5 Å². The first-order chi connectivity index (χ1) is 12.1. The van der Waals surface area contributed by atoms with Crippen LogP contribution in [-0.4, -0.2) is 35.6 Å². The average Bonchev–Trinajstić information content (AvgIpc) is 3.32. The van der Waals surface area contributed by atoms with E-state index in [0.29, 0.717) is 11.4 Å². The molecule has 8 nitrogen and oxygen atoms in total. The molecule has 132 valence electrons. The summed E-state index contributed by atoms with van der Waals surface area (Å²) in [6.07, 6.45) is 2.47. The molecule has 0 radical (unpaired) electrons. The van der Waals surface area contributed by atoms with Gasteiger partial charge in [0.05, 0.1) is 17.7 Å². The van der Waals surface area contributed by atoms with Crippen LogP contribution in [0.3, 0.4) is 0 Å². The summed E-state index contributed by atoms with van der Waals surface area (Å²) in [7, 11) is 0. The zero-order valence-corrected chi connectivity index (χ0v) is 13.6. The maximum Gasteiger partial charge on any atom is 0.293 e. The van der Waals surface area contributed by atoms with E-state index in [1.807, 2.05) is 4.90 Å². The van der Waals surface area contributed by atoms with Crippen molar-refractivity contribution in [3.8, 4) is 0 Å². The molecule has 1 fully saturated rings. The first-order valence-electron chi connectivity index (χ1n) is 8.09. The van der Waals surface area contributed by atoms with Crippen molar-refractivity contribution in [1.82, 2.24) is 5.32 Å². The Hall–Kier alpha value is -2.87. The van der Waals surface area contributed by atoms with Crippen molar-refractivity contribution in [1.29, 1.82) is 0 Å². The summed E-state index contributed by atoms with van der Waals surface area (Å²) in [5, 5.41) is 23.8. The van der Waals surface area contributed by atoms with Gasteiger partial charge in [0, 0.05) is 24.7 Å². The van der Waals surface area contributed by atoms with E-state index >= 15 is 0 Å². The number of nitrogens with one attached hydrogen (secondary N) is 1. The molecule has 2 aromatic rings. The Kier molecular flexibility index (Phi) is 4.99. The van der Waals surface area contributed by atoms with Gasteiger partial charge in [-0.2, -0.15) is 0 Å². The summed E-state index contributed by atoms with van der Waals surface area (Å²) in [6.45, 7) is 1.51. The lowest BCUT2D eigenvalue weighted by atomic mass is 10.1. The molecule has 1 aliphatic heterocycles. The topological polar surface area (TPSA) is 109 Å². The van der Waals surface area contributed by atoms with Crippen molar-refractivity contribution in [2.24, 2.45) is 0 Å². The average molecular weight is 345 g/mol. The van der Waals surface area contributed by atoms with Gasteiger partial charge in [-0.3, -0.25) is 14.9 Å². The Morgan fingerprint density at radius 2 is 2.12 bits per heavy atom. The predicted molar refractivity (Wildman–Crippen MR) is 90.5 cm³/mol. The molecular formula is C17H19N3O5. The van der Waals surface area contributed by atoms with Crippen LogP contribution in [0.1, 0.15) is 35.1 Å². The van der Waals surface area contributed by atoms with Gasteiger partial charge in [0.1, 0.15) is 17.6 Å². The Bertz CT molecular complexity index is 754. The van der Waals surface area contributed by atoms with Gasteiger partial charge in [-0.25, -0.2) is 0 Å². The molecule has 3 rings (SSSR count). The summed E-state index contributed by atoms with van der Waals surface area (Å²) in [6, 6.07) is 7.70. The zero-order valence-electron chi connectivity index (χ0n) is 13.6. The fourth-order valence-corrected chi connectivity index (χ4v) is 2.91. The number of anilines is 1. The van der Waals surface area contributed by atoms with Crippen LogP contribution < -0.4 is 10.2 Å². The molecule has 1 amide bonds. The molecule has 0 saturated carbocycles. The second kappa shape index (κ2) is 7.35. The number of nitro groups is 1. The number of hydrogen-bond acceptors (Lipinski definition) is 6. The molecule has 0 aliphatic carbocycles. The highest BCUT2D eigenvalue weighted by Gasteiger charge is 2.24. The molecule has 25 heavy (non-hydrogen) atoms. The van der Waals surface area contributed by atoms with E-state index < -0.39 is 16.9 Å². The number of aliphatic hydroxyl groups is 1. The van der Waals surface area contributed by atoms with Crippen molar-refractivity contribution in [3.05, 3.63) is 58.0 Å². The predicted octanol–water partition coefficient (Wildman–Crippen LogP) is 2.25. The SMILES string of the molecule is O=C(NCC(O)c1ccco1)c1ccc(N2CCCC2)c([N+](=O)[O-])c1. The van der Waals surface area contributed by atoms with Crippen LogP contribution in [0.5, 0.6) is 0 Å². The molecule has 2 N–H and O–H groups in total. The fraction of sp³-hybridized carbons (Fsp3) is 0.353. The number of nitro benzene ring substituents is 1. The lowest BCUT2D eigenvalue weighted by Gasteiger charge is -2.18. The van der Waals surface area contributed by atoms with Crippen LogP contribution in [0.2, 0.25) is 0 Å². The Labute approximate surface area is 144 Å². The second-order valence-corrected chi connectivity index (χ2v) is 5.90. The van der Waals surface area contributed by atoms with Crippen LogP contribution in [0.15, 0.2) is 41.0 Å². The van der Waals surface area contributed by atoms with Crippen molar-refractivity contribution in [2.45, 2.75) is 18.9 Å². The van der Waals surface area contributed by atoms with Crippen LogP contribution in [0.4, 0.5) is 11.4 Å². The Morgan fingerprint density at radius 3 is 2.76 bits per heavy atom. The monoisotopic (exact) mass is 345 g/mol. The smallest absolute Gasteiger partial charge is 0.293 e. The molecule has 1 aromatic carbocycles. The van der Waals surface area contributed by atoms with Gasteiger partial charge in [-0.15, -0.1) is 0 Å². The van der Waals surface area contributed by atoms with Gasteiger partial charge in [0.15, 0.2) is 0 Å². The second-order valence-electron chi connectivity index (χ2n) is 5.90. The minimum Gasteiger partial charge on any atom is -0.467 e. The van der Waals surface area contributed by atoms with Crippen molar-refractivity contribution < 1.29 is 19.2 Å². The van der Waals surface area contributed by atoms with E-state index in [9.17, 15) is 20.0 Å². The number of hydrogen-bond donors (Lipinski definition) is 2. The van der Waals surface area contributed by atoms with E-state index in [-0.39, 0.29) is 17.8 Å². The van der Waals surface area contributed by atoms with Gasteiger partial charge in [0.25, 0.3) is 11.6 Å². The number of carbonyl (C=O) groups excluding carboxylic acids is 1. The highest BCUT2D eigenvalue weighted by atomic mass is 16.6. The number of aliphatic hydroxyl groups excluding tert-OH is 1. The minimum atomic E-state index is -0.974. The van der Waals surface area contributed by atoms with Crippen LogP contribution in [-0.2, 0) is 0 Å². The number of benzene rings is 1. The minimum absolute atomic E-state index is 0.0476. The van der Waals surface area contributed by atoms with E-state index in [1.54, 1.807) is 24.3 Å². The van der Waals surface area contributed by atoms with Gasteiger partial charge >= 0.3 is 0 Å². The van der Waals surface area contributed by atoms with Gasteiger partial charge < -0.3 is 19.7 Å². The molecule has 1 atom stereocenters. The first kappa shape index (κ1) is 17.0. The molecule has 1 unspecified atom stereocenters. The molecule has 1 aromatic heterocycles.